The Kier molecular flexibility index (Phi) is 6.24. The number of nitrogens with zero attached hydrogens (tertiary/aromatic N) is 5. The van der Waals surface area contributed by atoms with Crippen LogP contribution in [-0.4, -0.2) is 50.8 Å². The number of fused-ring (bicyclic) bond motifs is 1. The number of aromatic nitrogens is 4. The van der Waals surface area contributed by atoms with Gasteiger partial charge >= 0.3 is 0 Å². The van der Waals surface area contributed by atoms with E-state index in [2.05, 4.69) is 45.4 Å². The normalized spacial score (nSPS) is 14.9. The number of likely N-dealkylation sites (tertiary alicyclic amines) is 1. The van der Waals surface area contributed by atoms with Gasteiger partial charge in [0, 0.05) is 18.0 Å². The van der Waals surface area contributed by atoms with Gasteiger partial charge in [0.2, 0.25) is 0 Å². The van der Waals surface area contributed by atoms with E-state index in [1.807, 2.05) is 30.5 Å². The Hall–Kier alpha value is -3.76. The van der Waals surface area contributed by atoms with Crippen molar-refractivity contribution in [2.75, 3.05) is 20.1 Å². The van der Waals surface area contributed by atoms with Crippen LogP contribution >= 0.6 is 0 Å². The number of aromatic amines is 1. The Morgan fingerprint density at radius 2 is 2.00 bits per heavy atom. The molecule has 1 aliphatic rings. The molecule has 7 heteroatoms. The summed E-state index contributed by atoms with van der Waals surface area (Å²) in [5.41, 5.74) is 5.12. The number of benzene rings is 2. The minimum Gasteiger partial charge on any atom is -0.306 e. The van der Waals surface area contributed by atoms with Crippen molar-refractivity contribution in [3.8, 4) is 6.07 Å². The van der Waals surface area contributed by atoms with Crippen LogP contribution < -0.4 is 0 Å². The zero-order valence-corrected chi connectivity index (χ0v) is 19.4. The van der Waals surface area contributed by atoms with Gasteiger partial charge in [-0.25, -0.2) is 0 Å². The van der Waals surface area contributed by atoms with E-state index in [0.29, 0.717) is 23.7 Å². The van der Waals surface area contributed by atoms with Gasteiger partial charge in [-0.3, -0.25) is 14.6 Å². The molecule has 0 unspecified atom stereocenters. The topological polar surface area (TPSA) is 90.6 Å². The van der Waals surface area contributed by atoms with Gasteiger partial charge in [0.05, 0.1) is 29.9 Å². The van der Waals surface area contributed by atoms with E-state index < -0.39 is 0 Å². The lowest BCUT2D eigenvalue weighted by molar-refractivity contribution is 0.0989. The standard InChI is InChI=1S/C27H28N6O/c1-32-9-7-19(8-10-32)11-20-5-6-25-24(13-20)27(31-30-25)26(34)14-23-16-29-33(18-23)17-22-4-2-3-21(12-22)15-28/h2-6,12-13,16,18-19H,7-11,14,17H2,1H3,(H,30,31). The van der Waals surface area contributed by atoms with Crippen LogP contribution in [0.4, 0.5) is 0 Å². The lowest BCUT2D eigenvalue weighted by Crippen LogP contribution is -2.30. The van der Waals surface area contributed by atoms with E-state index in [-0.39, 0.29) is 12.2 Å². The first-order valence-corrected chi connectivity index (χ1v) is 11.8. The number of piperidine rings is 1. The van der Waals surface area contributed by atoms with Gasteiger partial charge < -0.3 is 4.90 Å². The first-order valence-electron chi connectivity index (χ1n) is 11.8. The monoisotopic (exact) mass is 452 g/mol. The fraction of sp³-hybridized carbons (Fsp3) is 0.333. The van der Waals surface area contributed by atoms with Crippen molar-refractivity contribution in [3.05, 3.63) is 82.8 Å². The molecule has 5 rings (SSSR count). The van der Waals surface area contributed by atoms with E-state index >= 15 is 0 Å². The van der Waals surface area contributed by atoms with Crippen LogP contribution in [0.25, 0.3) is 10.9 Å². The van der Waals surface area contributed by atoms with Crippen LogP contribution in [0.15, 0.2) is 54.9 Å². The highest BCUT2D eigenvalue weighted by molar-refractivity contribution is 6.06. The number of ketones is 1. The summed E-state index contributed by atoms with van der Waals surface area (Å²) in [6.07, 6.45) is 7.34. The van der Waals surface area contributed by atoms with Gasteiger partial charge in [-0.2, -0.15) is 15.5 Å². The van der Waals surface area contributed by atoms with Gasteiger partial charge in [0.15, 0.2) is 5.78 Å². The molecule has 0 aliphatic carbocycles. The Labute approximate surface area is 199 Å². The second-order valence-corrected chi connectivity index (χ2v) is 9.36. The Morgan fingerprint density at radius 1 is 1.15 bits per heavy atom. The van der Waals surface area contributed by atoms with Crippen LogP contribution in [0.5, 0.6) is 0 Å². The molecule has 1 N–H and O–H groups in total. The first-order chi connectivity index (χ1) is 16.6. The number of nitriles is 1. The summed E-state index contributed by atoms with van der Waals surface area (Å²) >= 11 is 0. The highest BCUT2D eigenvalue weighted by Gasteiger charge is 2.19. The van der Waals surface area contributed by atoms with E-state index in [1.54, 1.807) is 16.9 Å². The number of H-pyrrole nitrogens is 1. The Bertz CT molecular complexity index is 1350. The van der Waals surface area contributed by atoms with Crippen molar-refractivity contribution < 1.29 is 4.79 Å². The molecule has 0 atom stereocenters. The summed E-state index contributed by atoms with van der Waals surface area (Å²) in [6, 6.07) is 15.9. The number of carbonyl (C=O) groups is 1. The van der Waals surface area contributed by atoms with Crippen molar-refractivity contribution in [2.24, 2.45) is 5.92 Å². The second-order valence-electron chi connectivity index (χ2n) is 9.36. The molecule has 2 aromatic carbocycles. The lowest BCUT2D eigenvalue weighted by Gasteiger charge is -2.28. The SMILES string of the molecule is CN1CCC(Cc2ccc3[nH]nc(C(=O)Cc4cnn(Cc5cccc(C#N)c5)c4)c3c2)CC1. The molecule has 1 aliphatic heterocycles. The van der Waals surface area contributed by atoms with E-state index in [0.717, 1.165) is 41.5 Å². The molecule has 0 radical (unpaired) electrons. The fourth-order valence-electron chi connectivity index (χ4n) is 4.78. The van der Waals surface area contributed by atoms with Crippen molar-refractivity contribution in [2.45, 2.75) is 32.2 Å². The fourth-order valence-corrected chi connectivity index (χ4v) is 4.78. The smallest absolute Gasteiger partial charge is 0.188 e. The number of Topliss-reactive ketones (excluding diaryl/α,β-unsaturated/α-hetero) is 1. The van der Waals surface area contributed by atoms with Crippen LogP contribution in [0.3, 0.4) is 0 Å². The summed E-state index contributed by atoms with van der Waals surface area (Å²) in [5.74, 6) is 0.674. The van der Waals surface area contributed by atoms with Crippen molar-refractivity contribution in [1.29, 1.82) is 5.26 Å². The van der Waals surface area contributed by atoms with Crippen LogP contribution in [-0.2, 0) is 19.4 Å². The molecular weight excluding hydrogens is 424 g/mol. The number of nitrogens with one attached hydrogen (secondary N) is 1. The average molecular weight is 453 g/mol. The molecule has 0 saturated carbocycles. The van der Waals surface area contributed by atoms with Gasteiger partial charge in [0.1, 0.15) is 5.69 Å². The average Bonchev–Trinajstić information content (AvgIpc) is 3.47. The largest absolute Gasteiger partial charge is 0.306 e. The molecule has 0 amide bonds. The van der Waals surface area contributed by atoms with E-state index in [1.165, 1.54) is 18.4 Å². The molecule has 1 fully saturated rings. The molecule has 0 bridgehead atoms. The highest BCUT2D eigenvalue weighted by Crippen LogP contribution is 2.25. The second kappa shape index (κ2) is 9.62. The predicted octanol–water partition coefficient (Wildman–Crippen LogP) is 3.99. The third kappa shape index (κ3) is 4.92. The van der Waals surface area contributed by atoms with Gasteiger partial charge in [0.25, 0.3) is 0 Å². The zero-order valence-electron chi connectivity index (χ0n) is 19.4. The molecule has 2 aromatic heterocycles. The molecule has 172 valence electrons. The molecule has 4 aromatic rings. The van der Waals surface area contributed by atoms with Crippen molar-refractivity contribution in [1.82, 2.24) is 24.9 Å². The van der Waals surface area contributed by atoms with Gasteiger partial charge in [-0.05, 0) is 86.3 Å². The molecule has 0 spiro atoms. The van der Waals surface area contributed by atoms with Crippen molar-refractivity contribution >= 4 is 16.7 Å². The minimum absolute atomic E-state index is 0.0197. The molecule has 1 saturated heterocycles. The molecular formula is C27H28N6O. The summed E-state index contributed by atoms with van der Waals surface area (Å²) in [5, 5.41) is 21.7. The maximum Gasteiger partial charge on any atom is 0.188 e. The lowest BCUT2D eigenvalue weighted by atomic mass is 9.90. The Morgan fingerprint density at radius 3 is 2.82 bits per heavy atom. The molecule has 34 heavy (non-hydrogen) atoms. The van der Waals surface area contributed by atoms with Crippen LogP contribution in [0.2, 0.25) is 0 Å². The third-order valence-electron chi connectivity index (χ3n) is 6.71. The minimum atomic E-state index is -0.0197. The number of rotatable bonds is 7. The van der Waals surface area contributed by atoms with E-state index in [9.17, 15) is 4.79 Å². The number of carbonyl (C=O) groups excluding carboxylic acids is 1. The molecule has 7 nitrogen and oxygen atoms in total. The molecule has 3 heterocycles. The number of hydrogen-bond donors (Lipinski definition) is 1. The highest BCUT2D eigenvalue weighted by atomic mass is 16.1. The van der Waals surface area contributed by atoms with Crippen LogP contribution in [0.1, 0.15) is 45.6 Å². The summed E-state index contributed by atoms with van der Waals surface area (Å²) in [7, 11) is 2.18. The zero-order chi connectivity index (χ0) is 23.5. The number of hydrogen-bond acceptors (Lipinski definition) is 5. The summed E-state index contributed by atoms with van der Waals surface area (Å²) in [4.78, 5) is 15.5. The summed E-state index contributed by atoms with van der Waals surface area (Å²) < 4.78 is 1.79. The maximum absolute atomic E-state index is 13.1. The third-order valence-corrected chi connectivity index (χ3v) is 6.71. The van der Waals surface area contributed by atoms with Gasteiger partial charge in [-0.15, -0.1) is 0 Å². The maximum atomic E-state index is 13.1. The van der Waals surface area contributed by atoms with E-state index in [4.69, 9.17) is 5.26 Å². The van der Waals surface area contributed by atoms with Gasteiger partial charge in [-0.1, -0.05) is 18.2 Å². The quantitative estimate of drug-likeness (QED) is 0.428. The first kappa shape index (κ1) is 22.1. The predicted molar refractivity (Wildman–Crippen MR) is 131 cm³/mol. The van der Waals surface area contributed by atoms with Crippen LogP contribution in [0, 0.1) is 17.2 Å². The van der Waals surface area contributed by atoms with Crippen molar-refractivity contribution in [3.63, 3.8) is 0 Å². The summed E-state index contributed by atoms with van der Waals surface area (Å²) in [6.45, 7) is 2.86. The Balaban J connectivity index is 1.27.